The van der Waals surface area contributed by atoms with Crippen LogP contribution < -0.4 is 0 Å². The molecule has 0 saturated heterocycles. The Labute approximate surface area is 351 Å². The molecule has 310 valence electrons. The van der Waals surface area contributed by atoms with Crippen molar-refractivity contribution in [1.82, 2.24) is 28.7 Å². The summed E-state index contributed by atoms with van der Waals surface area (Å²) in [4.78, 5) is 13.0. The van der Waals surface area contributed by atoms with Gasteiger partial charge in [-0.25, -0.2) is 25.9 Å². The van der Waals surface area contributed by atoms with E-state index >= 15 is 8.78 Å². The number of carbonyl (C=O) groups excluding carboxylic acids is 1. The normalized spacial score (nSPS) is 15.8. The van der Waals surface area contributed by atoms with Gasteiger partial charge in [0.25, 0.3) is 10.0 Å². The molecular formula is C45H44F2N6O5S2. The lowest BCUT2D eigenvalue weighted by atomic mass is 9.91. The summed E-state index contributed by atoms with van der Waals surface area (Å²) < 4.78 is 76.2. The van der Waals surface area contributed by atoms with Crippen molar-refractivity contribution < 1.29 is 31.5 Å². The topological polar surface area (TPSA) is 123 Å². The maximum atomic E-state index is 16.7. The fourth-order valence-corrected chi connectivity index (χ4v) is 9.79. The number of ether oxygens (including phenoxy) is 2. The monoisotopic (exact) mass is 850 g/mol. The Balaban J connectivity index is 1.21. The first-order chi connectivity index (χ1) is 28.8. The Bertz CT molecular complexity index is 2810. The van der Waals surface area contributed by atoms with Crippen molar-refractivity contribution in [3.63, 3.8) is 0 Å². The second kappa shape index (κ2) is 16.8. The van der Waals surface area contributed by atoms with Crippen molar-refractivity contribution >= 4 is 38.7 Å². The number of rotatable bonds is 7. The number of aryl methyl sites for hydroxylation is 2. The summed E-state index contributed by atoms with van der Waals surface area (Å²) in [5.41, 5.74) is 4.20. The van der Waals surface area contributed by atoms with Crippen LogP contribution in [0, 0.1) is 18.6 Å². The largest absolute Gasteiger partial charge is 0.466 e. The number of fused-ring (bicyclic) bond motifs is 10. The molecule has 0 radical (unpaired) electrons. The van der Waals surface area contributed by atoms with E-state index in [2.05, 4.69) is 16.4 Å². The van der Waals surface area contributed by atoms with Crippen molar-refractivity contribution in [2.24, 2.45) is 0 Å². The predicted molar refractivity (Wildman–Crippen MR) is 225 cm³/mol. The smallest absolute Gasteiger partial charge is 0.306 e. The summed E-state index contributed by atoms with van der Waals surface area (Å²) >= 11 is 1.11. The van der Waals surface area contributed by atoms with Crippen molar-refractivity contribution in [2.75, 3.05) is 19.8 Å². The number of carbonyl (C=O) groups is 1. The van der Waals surface area contributed by atoms with Crippen molar-refractivity contribution in [1.29, 1.82) is 0 Å². The van der Waals surface area contributed by atoms with E-state index in [1.165, 1.54) is 30.5 Å². The number of halogens is 2. The number of hydrogen-bond acceptors (Lipinski definition) is 9. The summed E-state index contributed by atoms with van der Waals surface area (Å²) in [6.45, 7) is 8.73. The maximum Gasteiger partial charge on any atom is 0.306 e. The Morgan fingerprint density at radius 1 is 1.00 bits per heavy atom. The highest BCUT2D eigenvalue weighted by Crippen LogP contribution is 2.40. The van der Waals surface area contributed by atoms with Crippen molar-refractivity contribution in [3.05, 3.63) is 143 Å². The van der Waals surface area contributed by atoms with Crippen molar-refractivity contribution in [2.45, 2.75) is 79.6 Å². The molecule has 0 fully saturated rings. The molecule has 0 N–H and O–H groups in total. The van der Waals surface area contributed by atoms with Gasteiger partial charge >= 0.3 is 5.97 Å². The van der Waals surface area contributed by atoms with Crippen LogP contribution in [0.2, 0.25) is 0 Å². The van der Waals surface area contributed by atoms with Gasteiger partial charge in [0.1, 0.15) is 11.6 Å². The highest BCUT2D eigenvalue weighted by molar-refractivity contribution is 7.99. The Morgan fingerprint density at radius 3 is 2.62 bits per heavy atom. The van der Waals surface area contributed by atoms with E-state index in [-0.39, 0.29) is 45.8 Å². The molecular weight excluding hydrogens is 807 g/mol. The first-order valence-corrected chi connectivity index (χ1v) is 22.0. The van der Waals surface area contributed by atoms with Crippen LogP contribution in [0.15, 0.2) is 118 Å². The van der Waals surface area contributed by atoms with E-state index in [0.717, 1.165) is 32.4 Å². The van der Waals surface area contributed by atoms with Gasteiger partial charge in [-0.2, -0.15) is 5.10 Å². The van der Waals surface area contributed by atoms with Crippen LogP contribution in [0.4, 0.5) is 8.78 Å². The molecule has 0 saturated carbocycles. The van der Waals surface area contributed by atoms with Gasteiger partial charge in [0.05, 0.1) is 52.5 Å². The van der Waals surface area contributed by atoms with Gasteiger partial charge in [-0.3, -0.25) is 9.48 Å². The minimum atomic E-state index is -4.08. The Morgan fingerprint density at radius 2 is 1.82 bits per heavy atom. The van der Waals surface area contributed by atoms with Gasteiger partial charge in [0.15, 0.2) is 0 Å². The van der Waals surface area contributed by atoms with E-state index < -0.39 is 27.1 Å². The highest BCUT2D eigenvalue weighted by Gasteiger charge is 2.28. The Kier molecular flexibility index (Phi) is 11.5. The number of aromatic nitrogens is 6. The van der Waals surface area contributed by atoms with Crippen LogP contribution in [0.3, 0.4) is 0 Å². The first-order valence-electron chi connectivity index (χ1n) is 19.7. The van der Waals surface area contributed by atoms with Gasteiger partial charge in [0, 0.05) is 58.9 Å². The minimum Gasteiger partial charge on any atom is -0.466 e. The van der Waals surface area contributed by atoms with E-state index in [4.69, 9.17) is 14.6 Å². The van der Waals surface area contributed by atoms with Crippen molar-refractivity contribution in [3.8, 4) is 11.3 Å². The SMILES string of the molecule is CCOC(=O)CCc1cccc(C2CCOCC(C)(C)c3cn(nn3)Cc3c(c(F)cc4c3ccn4S(=O)(=O)c3ccc(C)cc3)Sc3ccc(F)c(c3)-c3ccn2n3)c1. The molecule has 60 heavy (non-hydrogen) atoms. The van der Waals surface area contributed by atoms with Crippen LogP contribution >= 0.6 is 11.8 Å². The van der Waals surface area contributed by atoms with Gasteiger partial charge < -0.3 is 9.47 Å². The molecule has 1 aliphatic rings. The van der Waals surface area contributed by atoms with E-state index in [1.54, 1.807) is 58.9 Å². The molecule has 7 aromatic rings. The lowest BCUT2D eigenvalue weighted by Gasteiger charge is -2.23. The zero-order valence-electron chi connectivity index (χ0n) is 33.6. The minimum absolute atomic E-state index is 0.0636. The quantitative estimate of drug-likeness (QED) is 0.145. The van der Waals surface area contributed by atoms with E-state index in [0.29, 0.717) is 59.9 Å². The Hall–Kier alpha value is -5.64. The fourth-order valence-electron chi connectivity index (χ4n) is 7.44. The summed E-state index contributed by atoms with van der Waals surface area (Å²) in [7, 11) is -4.08. The summed E-state index contributed by atoms with van der Waals surface area (Å²) in [6, 6.07) is 23.4. The van der Waals surface area contributed by atoms with E-state index in [1.807, 2.05) is 45.2 Å². The van der Waals surface area contributed by atoms with Gasteiger partial charge in [-0.1, -0.05) is 72.8 Å². The lowest BCUT2D eigenvalue weighted by molar-refractivity contribution is -0.143. The molecule has 3 aromatic heterocycles. The maximum absolute atomic E-state index is 16.7. The third-order valence-electron chi connectivity index (χ3n) is 10.7. The number of benzene rings is 4. The predicted octanol–water partition coefficient (Wildman–Crippen LogP) is 8.90. The molecule has 1 atom stereocenters. The standard InChI is InChI=1S/C45H44F2N6O5S2/c1-5-58-43(54)16-11-30-7-6-8-31(23-30)40-19-22-57-28-45(3,4)42-27-51(50-48-42)26-36-34-17-21-53(60(55,56)33-13-9-29(2)10-14-33)41(34)25-38(47)44(36)59-32-12-15-37(46)35(24-32)39-18-20-52(40)49-39/h6-10,12-15,17-18,20-21,23-25,27,40H,5,11,16,19,22,26,28H2,1-4H3. The molecule has 0 spiro atoms. The van der Waals surface area contributed by atoms with Crippen LogP contribution in [0.25, 0.3) is 22.2 Å². The number of hydrogen-bond donors (Lipinski definition) is 0. The molecule has 8 rings (SSSR count). The molecule has 1 aliphatic heterocycles. The van der Waals surface area contributed by atoms with Crippen LogP contribution in [-0.2, 0) is 42.7 Å². The molecule has 6 bridgehead atoms. The molecule has 15 heteroatoms. The fraction of sp³-hybridized carbons (Fsp3) is 0.289. The molecule has 4 aromatic carbocycles. The molecule has 0 aliphatic carbocycles. The average molecular weight is 851 g/mol. The van der Waals surface area contributed by atoms with Gasteiger partial charge in [0.2, 0.25) is 0 Å². The summed E-state index contributed by atoms with van der Waals surface area (Å²) in [5, 5.41) is 14.3. The molecule has 1 unspecified atom stereocenters. The van der Waals surface area contributed by atoms with Crippen LogP contribution in [-0.4, -0.2) is 63.0 Å². The molecule has 4 heterocycles. The lowest BCUT2D eigenvalue weighted by Crippen LogP contribution is -2.26. The zero-order valence-corrected chi connectivity index (χ0v) is 35.3. The zero-order chi connectivity index (χ0) is 42.2. The second-order valence-corrected chi connectivity index (χ2v) is 18.4. The van der Waals surface area contributed by atoms with Crippen LogP contribution in [0.5, 0.6) is 0 Å². The number of esters is 1. The van der Waals surface area contributed by atoms with Gasteiger partial charge in [-0.15, -0.1) is 5.10 Å². The third-order valence-corrected chi connectivity index (χ3v) is 13.6. The second-order valence-electron chi connectivity index (χ2n) is 15.5. The van der Waals surface area contributed by atoms with E-state index in [9.17, 15) is 13.2 Å². The molecule has 0 amide bonds. The first kappa shape index (κ1) is 41.1. The average Bonchev–Trinajstić information content (AvgIpc) is 4.00. The highest BCUT2D eigenvalue weighted by atomic mass is 32.2. The summed E-state index contributed by atoms with van der Waals surface area (Å²) in [6.07, 6.45) is 6.35. The summed E-state index contributed by atoms with van der Waals surface area (Å²) in [5.74, 6) is -1.40. The number of nitrogens with zero attached hydrogens (tertiary/aromatic N) is 6. The van der Waals surface area contributed by atoms with Gasteiger partial charge in [-0.05, 0) is 85.8 Å². The third kappa shape index (κ3) is 8.38. The molecule has 11 nitrogen and oxygen atoms in total. The van der Waals surface area contributed by atoms with Crippen LogP contribution in [0.1, 0.15) is 67.6 Å².